The highest BCUT2D eigenvalue weighted by molar-refractivity contribution is 5.80. The molecule has 2 heterocycles. The fraction of sp³-hybridized carbons (Fsp3) is 0.952. The molecule has 5 heteroatoms. The predicted octanol–water partition coefficient (Wildman–Crippen LogP) is 3.58. The van der Waals surface area contributed by atoms with E-state index in [1.165, 1.54) is 51.4 Å². The van der Waals surface area contributed by atoms with Crippen molar-refractivity contribution in [3.05, 3.63) is 0 Å². The number of ether oxygens (including phenoxy) is 2. The van der Waals surface area contributed by atoms with Gasteiger partial charge in [0, 0.05) is 44.8 Å². The van der Waals surface area contributed by atoms with Crippen LogP contribution in [0, 0.1) is 5.41 Å². The minimum absolute atomic E-state index is 0.392. The van der Waals surface area contributed by atoms with E-state index in [9.17, 15) is 0 Å². The second kappa shape index (κ2) is 10.5. The van der Waals surface area contributed by atoms with Crippen molar-refractivity contribution in [1.29, 1.82) is 0 Å². The molecule has 1 atom stereocenters. The van der Waals surface area contributed by atoms with E-state index in [-0.39, 0.29) is 0 Å². The van der Waals surface area contributed by atoms with Gasteiger partial charge < -0.3 is 19.7 Å². The molecule has 2 aliphatic heterocycles. The van der Waals surface area contributed by atoms with Crippen molar-refractivity contribution >= 4 is 5.96 Å². The maximum absolute atomic E-state index is 6.09. The Bertz CT molecular complexity index is 427. The summed E-state index contributed by atoms with van der Waals surface area (Å²) in [7, 11) is 0. The van der Waals surface area contributed by atoms with E-state index >= 15 is 0 Å². The van der Waals surface area contributed by atoms with Gasteiger partial charge in [-0.2, -0.15) is 0 Å². The van der Waals surface area contributed by atoms with Crippen LogP contribution in [-0.4, -0.2) is 63.0 Å². The van der Waals surface area contributed by atoms with Crippen LogP contribution in [0.15, 0.2) is 4.99 Å². The smallest absolute Gasteiger partial charge is 0.193 e. The zero-order valence-corrected chi connectivity index (χ0v) is 16.8. The van der Waals surface area contributed by atoms with Crippen LogP contribution < -0.4 is 5.32 Å². The Morgan fingerprint density at radius 2 is 2.04 bits per heavy atom. The summed E-state index contributed by atoms with van der Waals surface area (Å²) in [5.74, 6) is 1.10. The van der Waals surface area contributed by atoms with Crippen LogP contribution in [0.3, 0.4) is 0 Å². The van der Waals surface area contributed by atoms with E-state index in [1.54, 1.807) is 0 Å². The van der Waals surface area contributed by atoms with Gasteiger partial charge in [0.25, 0.3) is 0 Å². The Kier molecular flexibility index (Phi) is 8.06. The standard InChI is InChI=1S/C21H39N3O2/c1-2-22-20(24-14-11-21(17-24)12-16-25-18-21)23-13-7-8-15-26-19-9-5-3-4-6-10-19/h19H,2-18H2,1H3,(H,22,23). The van der Waals surface area contributed by atoms with Crippen LogP contribution in [0.25, 0.3) is 0 Å². The molecule has 1 unspecified atom stereocenters. The SMILES string of the molecule is CCNC(=NCCCCOC1CCCCCC1)N1CCC2(CCOC2)C1. The fourth-order valence-corrected chi connectivity index (χ4v) is 4.57. The summed E-state index contributed by atoms with van der Waals surface area (Å²) in [5, 5.41) is 3.48. The average molecular weight is 366 g/mol. The van der Waals surface area contributed by atoms with Crippen LogP contribution in [-0.2, 0) is 9.47 Å². The number of nitrogens with one attached hydrogen (secondary N) is 1. The molecule has 3 fully saturated rings. The first-order valence-corrected chi connectivity index (χ1v) is 11.0. The number of nitrogens with zero attached hydrogens (tertiary/aromatic N) is 2. The van der Waals surface area contributed by atoms with E-state index in [1.807, 2.05) is 0 Å². The number of guanidine groups is 1. The number of likely N-dealkylation sites (tertiary alicyclic amines) is 1. The van der Waals surface area contributed by atoms with Crippen LogP contribution in [0.2, 0.25) is 0 Å². The number of hydrogen-bond donors (Lipinski definition) is 1. The van der Waals surface area contributed by atoms with Crippen LogP contribution in [0.5, 0.6) is 0 Å². The van der Waals surface area contributed by atoms with Gasteiger partial charge in [-0.25, -0.2) is 0 Å². The summed E-state index contributed by atoms with van der Waals surface area (Å²) < 4.78 is 11.7. The molecule has 1 saturated carbocycles. The van der Waals surface area contributed by atoms with Crippen molar-refractivity contribution in [3.63, 3.8) is 0 Å². The van der Waals surface area contributed by atoms with E-state index in [4.69, 9.17) is 14.5 Å². The topological polar surface area (TPSA) is 46.1 Å². The summed E-state index contributed by atoms with van der Waals surface area (Å²) >= 11 is 0. The van der Waals surface area contributed by atoms with Crippen LogP contribution in [0.1, 0.15) is 71.1 Å². The van der Waals surface area contributed by atoms with Gasteiger partial charge in [-0.3, -0.25) is 4.99 Å². The molecular weight excluding hydrogens is 326 g/mol. The van der Waals surface area contributed by atoms with E-state index in [0.717, 1.165) is 64.8 Å². The first-order chi connectivity index (χ1) is 12.8. The van der Waals surface area contributed by atoms with Gasteiger partial charge in [0.2, 0.25) is 0 Å². The third-order valence-corrected chi connectivity index (χ3v) is 6.23. The third kappa shape index (κ3) is 5.85. The van der Waals surface area contributed by atoms with Gasteiger partial charge >= 0.3 is 0 Å². The number of aliphatic imine (C=N–C) groups is 1. The van der Waals surface area contributed by atoms with Gasteiger partial charge in [0.15, 0.2) is 5.96 Å². The minimum atomic E-state index is 0.392. The molecule has 2 saturated heterocycles. The number of rotatable bonds is 7. The van der Waals surface area contributed by atoms with Gasteiger partial charge in [-0.05, 0) is 45.4 Å². The van der Waals surface area contributed by atoms with E-state index in [2.05, 4.69) is 17.1 Å². The van der Waals surface area contributed by atoms with Crippen molar-refractivity contribution in [3.8, 4) is 0 Å². The highest BCUT2D eigenvalue weighted by atomic mass is 16.5. The molecule has 0 bridgehead atoms. The molecule has 1 aliphatic carbocycles. The normalized spacial score (nSPS) is 28.0. The third-order valence-electron chi connectivity index (χ3n) is 6.23. The Morgan fingerprint density at radius 3 is 2.77 bits per heavy atom. The van der Waals surface area contributed by atoms with Crippen LogP contribution in [0.4, 0.5) is 0 Å². The molecule has 150 valence electrons. The largest absolute Gasteiger partial charge is 0.381 e. The Morgan fingerprint density at radius 1 is 1.19 bits per heavy atom. The summed E-state index contributed by atoms with van der Waals surface area (Å²) in [6.45, 7) is 8.97. The molecule has 3 aliphatic rings. The summed E-state index contributed by atoms with van der Waals surface area (Å²) in [4.78, 5) is 7.33. The van der Waals surface area contributed by atoms with Crippen molar-refractivity contribution in [1.82, 2.24) is 10.2 Å². The van der Waals surface area contributed by atoms with Gasteiger partial charge in [-0.15, -0.1) is 0 Å². The summed E-state index contributed by atoms with van der Waals surface area (Å²) in [6, 6.07) is 0. The fourth-order valence-electron chi connectivity index (χ4n) is 4.57. The molecule has 1 N–H and O–H groups in total. The minimum Gasteiger partial charge on any atom is -0.381 e. The monoisotopic (exact) mass is 365 g/mol. The van der Waals surface area contributed by atoms with Crippen molar-refractivity contribution in [2.24, 2.45) is 10.4 Å². The zero-order valence-electron chi connectivity index (χ0n) is 16.8. The number of unbranched alkanes of at least 4 members (excludes halogenated alkanes) is 1. The summed E-state index contributed by atoms with van der Waals surface area (Å²) in [6.07, 6.45) is 13.2. The van der Waals surface area contributed by atoms with E-state index < -0.39 is 0 Å². The Hall–Kier alpha value is -0.810. The molecule has 0 radical (unpaired) electrons. The Balaban J connectivity index is 1.35. The molecule has 5 nitrogen and oxygen atoms in total. The predicted molar refractivity (Wildman–Crippen MR) is 107 cm³/mol. The van der Waals surface area contributed by atoms with Crippen molar-refractivity contribution in [2.75, 3.05) is 46.0 Å². The highest BCUT2D eigenvalue weighted by Crippen LogP contribution is 2.38. The molecule has 26 heavy (non-hydrogen) atoms. The molecule has 3 rings (SSSR count). The molecule has 0 aromatic heterocycles. The average Bonchev–Trinajstić information content (AvgIpc) is 3.20. The lowest BCUT2D eigenvalue weighted by Crippen LogP contribution is -2.41. The molecular formula is C21H39N3O2. The maximum Gasteiger partial charge on any atom is 0.193 e. The van der Waals surface area contributed by atoms with Gasteiger partial charge in [0.1, 0.15) is 0 Å². The van der Waals surface area contributed by atoms with Gasteiger partial charge in [0.05, 0.1) is 12.7 Å². The lowest BCUT2D eigenvalue weighted by Gasteiger charge is -2.25. The maximum atomic E-state index is 6.09. The lowest BCUT2D eigenvalue weighted by atomic mass is 9.87. The summed E-state index contributed by atoms with van der Waals surface area (Å²) in [5.41, 5.74) is 0.392. The molecule has 0 amide bonds. The quantitative estimate of drug-likeness (QED) is 0.324. The zero-order chi connectivity index (χ0) is 18.1. The second-order valence-corrected chi connectivity index (χ2v) is 8.40. The van der Waals surface area contributed by atoms with E-state index in [0.29, 0.717) is 11.5 Å². The molecule has 0 aromatic carbocycles. The second-order valence-electron chi connectivity index (χ2n) is 8.40. The van der Waals surface area contributed by atoms with Crippen LogP contribution >= 0.6 is 0 Å². The number of hydrogen-bond acceptors (Lipinski definition) is 3. The molecule has 1 spiro atoms. The first-order valence-electron chi connectivity index (χ1n) is 11.0. The Labute approximate surface area is 159 Å². The molecule has 0 aromatic rings. The van der Waals surface area contributed by atoms with Gasteiger partial charge in [-0.1, -0.05) is 25.7 Å². The van der Waals surface area contributed by atoms with Crippen molar-refractivity contribution < 1.29 is 9.47 Å². The first kappa shape index (κ1) is 19.9. The highest BCUT2D eigenvalue weighted by Gasteiger charge is 2.42. The van der Waals surface area contributed by atoms with Crippen molar-refractivity contribution in [2.45, 2.75) is 77.2 Å². The lowest BCUT2D eigenvalue weighted by molar-refractivity contribution is 0.0412.